The average Bonchev–Trinajstić information content (AvgIpc) is 2.48. The maximum Gasteiger partial charge on any atom is -0.0175 e. The second kappa shape index (κ2) is 5.11. The zero-order chi connectivity index (χ0) is 13.1. The molecule has 3 aromatic rings. The van der Waals surface area contributed by atoms with Gasteiger partial charge in [0.2, 0.25) is 0 Å². The molecule has 0 fully saturated rings. The standard InChI is InChI=1S/C19H16/c1-15-12-18(16-8-4-2-5-9-16)14-19(13-15)17-10-6-3-7-11-17/h2-14H,1H3. The van der Waals surface area contributed by atoms with Crippen LogP contribution in [0.5, 0.6) is 0 Å². The molecule has 3 rings (SSSR count). The van der Waals surface area contributed by atoms with E-state index >= 15 is 0 Å². The van der Waals surface area contributed by atoms with Gasteiger partial charge < -0.3 is 0 Å². The monoisotopic (exact) mass is 244 g/mol. The molecule has 19 heavy (non-hydrogen) atoms. The van der Waals surface area contributed by atoms with E-state index in [4.69, 9.17) is 0 Å². The molecule has 0 radical (unpaired) electrons. The molecule has 0 atom stereocenters. The molecule has 3 aromatic carbocycles. The summed E-state index contributed by atoms with van der Waals surface area (Å²) < 4.78 is 0. The molecule has 0 unspecified atom stereocenters. The first-order valence-electron chi connectivity index (χ1n) is 6.55. The first-order valence-corrected chi connectivity index (χ1v) is 6.55. The van der Waals surface area contributed by atoms with Gasteiger partial charge in [-0.2, -0.15) is 0 Å². The summed E-state index contributed by atoms with van der Waals surface area (Å²) in [6, 6.07) is 27.8. The van der Waals surface area contributed by atoms with Crippen LogP contribution in [-0.2, 0) is 0 Å². The van der Waals surface area contributed by atoms with E-state index in [9.17, 15) is 0 Å². The molecule has 0 bridgehead atoms. The fourth-order valence-electron chi connectivity index (χ4n) is 2.38. The van der Waals surface area contributed by atoms with Gasteiger partial charge in [-0.25, -0.2) is 0 Å². The molecular formula is C19H16. The minimum Gasteiger partial charge on any atom is -0.0622 e. The summed E-state index contributed by atoms with van der Waals surface area (Å²) in [5.74, 6) is 0. The van der Waals surface area contributed by atoms with Crippen LogP contribution in [0.15, 0.2) is 78.9 Å². The molecule has 0 nitrogen and oxygen atoms in total. The first kappa shape index (κ1) is 11.7. The molecule has 0 saturated heterocycles. The highest BCUT2D eigenvalue weighted by atomic mass is 14.1. The number of aryl methyl sites for hydroxylation is 1. The van der Waals surface area contributed by atoms with Gasteiger partial charge in [0, 0.05) is 0 Å². The molecule has 0 aliphatic heterocycles. The predicted molar refractivity (Wildman–Crippen MR) is 82.1 cm³/mol. The SMILES string of the molecule is Cc1cc(-c2ccccc2)cc(-c2ccccc2)c1. The van der Waals surface area contributed by atoms with E-state index in [0.29, 0.717) is 0 Å². The Morgan fingerprint density at radius 2 is 0.895 bits per heavy atom. The Morgan fingerprint density at radius 1 is 0.474 bits per heavy atom. The van der Waals surface area contributed by atoms with Gasteiger partial charge in [-0.3, -0.25) is 0 Å². The average molecular weight is 244 g/mol. The number of rotatable bonds is 2. The molecule has 0 amide bonds. The zero-order valence-electron chi connectivity index (χ0n) is 11.0. The highest BCUT2D eigenvalue weighted by Gasteiger charge is 2.02. The largest absolute Gasteiger partial charge is 0.0622 e. The molecule has 0 aliphatic rings. The van der Waals surface area contributed by atoms with Crippen molar-refractivity contribution in [2.75, 3.05) is 0 Å². The lowest BCUT2D eigenvalue weighted by molar-refractivity contribution is 1.46. The van der Waals surface area contributed by atoms with Crippen LogP contribution in [0.3, 0.4) is 0 Å². The van der Waals surface area contributed by atoms with Gasteiger partial charge in [-0.15, -0.1) is 0 Å². The van der Waals surface area contributed by atoms with Crippen LogP contribution >= 0.6 is 0 Å². The third-order valence-electron chi connectivity index (χ3n) is 3.29. The van der Waals surface area contributed by atoms with E-state index in [-0.39, 0.29) is 0 Å². The van der Waals surface area contributed by atoms with Crippen molar-refractivity contribution in [3.63, 3.8) is 0 Å². The van der Waals surface area contributed by atoms with Gasteiger partial charge in [-0.05, 0) is 40.8 Å². The number of benzene rings is 3. The molecular weight excluding hydrogens is 228 g/mol. The molecule has 0 N–H and O–H groups in total. The van der Waals surface area contributed by atoms with Gasteiger partial charge in [0.05, 0.1) is 0 Å². The lowest BCUT2D eigenvalue weighted by Gasteiger charge is -2.08. The molecule has 0 spiro atoms. The van der Waals surface area contributed by atoms with Gasteiger partial charge in [0.15, 0.2) is 0 Å². The zero-order valence-corrected chi connectivity index (χ0v) is 11.0. The summed E-state index contributed by atoms with van der Waals surface area (Å²) in [5, 5.41) is 0. The van der Waals surface area contributed by atoms with Crippen molar-refractivity contribution in [2.24, 2.45) is 0 Å². The Labute approximate surface area is 114 Å². The Hall–Kier alpha value is -2.34. The first-order chi connectivity index (χ1) is 9.33. The summed E-state index contributed by atoms with van der Waals surface area (Å²) >= 11 is 0. The van der Waals surface area contributed by atoms with E-state index in [1.54, 1.807) is 0 Å². The Kier molecular flexibility index (Phi) is 3.16. The lowest BCUT2D eigenvalue weighted by Crippen LogP contribution is -1.84. The molecule has 0 heterocycles. The van der Waals surface area contributed by atoms with Crippen molar-refractivity contribution < 1.29 is 0 Å². The Balaban J connectivity index is 2.12. The van der Waals surface area contributed by atoms with E-state index in [1.807, 2.05) is 0 Å². The van der Waals surface area contributed by atoms with Crippen molar-refractivity contribution in [3.8, 4) is 22.3 Å². The summed E-state index contributed by atoms with van der Waals surface area (Å²) in [4.78, 5) is 0. The van der Waals surface area contributed by atoms with Crippen LogP contribution < -0.4 is 0 Å². The van der Waals surface area contributed by atoms with Crippen LogP contribution in [-0.4, -0.2) is 0 Å². The second-order valence-electron chi connectivity index (χ2n) is 4.82. The quantitative estimate of drug-likeness (QED) is 0.571. The smallest absolute Gasteiger partial charge is 0.0175 e. The predicted octanol–water partition coefficient (Wildman–Crippen LogP) is 5.33. The maximum absolute atomic E-state index is 2.26. The van der Waals surface area contributed by atoms with Gasteiger partial charge >= 0.3 is 0 Å². The van der Waals surface area contributed by atoms with Crippen LogP contribution in [0, 0.1) is 6.92 Å². The van der Waals surface area contributed by atoms with Crippen molar-refractivity contribution in [1.82, 2.24) is 0 Å². The number of hydrogen-bond acceptors (Lipinski definition) is 0. The van der Waals surface area contributed by atoms with E-state index in [2.05, 4.69) is 85.8 Å². The Morgan fingerprint density at radius 3 is 1.32 bits per heavy atom. The number of hydrogen-bond donors (Lipinski definition) is 0. The van der Waals surface area contributed by atoms with Crippen LogP contribution in [0.2, 0.25) is 0 Å². The molecule has 0 saturated carbocycles. The van der Waals surface area contributed by atoms with Gasteiger partial charge in [0.25, 0.3) is 0 Å². The summed E-state index contributed by atoms with van der Waals surface area (Å²) in [5.41, 5.74) is 6.38. The minimum absolute atomic E-state index is 1.27. The van der Waals surface area contributed by atoms with Crippen molar-refractivity contribution in [2.45, 2.75) is 6.92 Å². The van der Waals surface area contributed by atoms with Crippen molar-refractivity contribution in [1.29, 1.82) is 0 Å². The van der Waals surface area contributed by atoms with Crippen LogP contribution in [0.1, 0.15) is 5.56 Å². The molecule has 0 aromatic heterocycles. The Bertz CT molecular complexity index is 609. The van der Waals surface area contributed by atoms with E-state index in [0.717, 1.165) is 0 Å². The van der Waals surface area contributed by atoms with Crippen LogP contribution in [0.25, 0.3) is 22.3 Å². The van der Waals surface area contributed by atoms with E-state index < -0.39 is 0 Å². The third kappa shape index (κ3) is 2.58. The summed E-state index contributed by atoms with van der Waals surface area (Å²) in [6.45, 7) is 2.15. The highest BCUT2D eigenvalue weighted by molar-refractivity contribution is 5.74. The highest BCUT2D eigenvalue weighted by Crippen LogP contribution is 2.27. The third-order valence-corrected chi connectivity index (χ3v) is 3.29. The van der Waals surface area contributed by atoms with Crippen molar-refractivity contribution in [3.05, 3.63) is 84.4 Å². The summed E-state index contributed by atoms with van der Waals surface area (Å²) in [7, 11) is 0. The van der Waals surface area contributed by atoms with E-state index in [1.165, 1.54) is 27.8 Å². The van der Waals surface area contributed by atoms with Crippen LogP contribution in [0.4, 0.5) is 0 Å². The normalized spacial score (nSPS) is 10.4. The van der Waals surface area contributed by atoms with Gasteiger partial charge in [-0.1, -0.05) is 72.8 Å². The van der Waals surface area contributed by atoms with Gasteiger partial charge in [0.1, 0.15) is 0 Å². The molecule has 0 heteroatoms. The maximum atomic E-state index is 2.26. The fraction of sp³-hybridized carbons (Fsp3) is 0.0526. The topological polar surface area (TPSA) is 0 Å². The minimum atomic E-state index is 1.27. The lowest BCUT2D eigenvalue weighted by atomic mass is 9.97. The van der Waals surface area contributed by atoms with Crippen molar-refractivity contribution >= 4 is 0 Å². The molecule has 0 aliphatic carbocycles. The molecule has 92 valence electrons. The second-order valence-corrected chi connectivity index (χ2v) is 4.82. The summed E-state index contributed by atoms with van der Waals surface area (Å²) in [6.07, 6.45) is 0. The fourth-order valence-corrected chi connectivity index (χ4v) is 2.38.